The van der Waals surface area contributed by atoms with Crippen LogP contribution in [0, 0.1) is 5.82 Å². The van der Waals surface area contributed by atoms with Gasteiger partial charge in [0.25, 0.3) is 5.91 Å². The summed E-state index contributed by atoms with van der Waals surface area (Å²) in [7, 11) is 0. The van der Waals surface area contributed by atoms with Crippen molar-refractivity contribution in [3.63, 3.8) is 0 Å². The summed E-state index contributed by atoms with van der Waals surface area (Å²) in [4.78, 5) is 23.2. The Morgan fingerprint density at radius 2 is 2.04 bits per heavy atom. The van der Waals surface area contributed by atoms with Gasteiger partial charge in [-0.2, -0.15) is 0 Å². The Balaban J connectivity index is 1.52. The van der Waals surface area contributed by atoms with Gasteiger partial charge in [0.2, 0.25) is 0 Å². The molecular weight excluding hydrogens is 379 g/mol. The first-order valence-corrected chi connectivity index (χ1v) is 9.63. The van der Waals surface area contributed by atoms with Gasteiger partial charge in [0.15, 0.2) is 0 Å². The van der Waals surface area contributed by atoms with Gasteiger partial charge in [0.1, 0.15) is 11.6 Å². The Bertz CT molecular complexity index is 955. The van der Waals surface area contributed by atoms with Crippen molar-refractivity contribution in [3.8, 4) is 0 Å². The fraction of sp³-hybridized carbons (Fsp3) is 0.286. The number of hydrogen-bond acceptors (Lipinski definition) is 3. The van der Waals surface area contributed by atoms with Crippen LogP contribution in [-0.4, -0.2) is 38.4 Å². The molecule has 0 spiro atoms. The molecule has 2 aromatic heterocycles. The van der Waals surface area contributed by atoms with Gasteiger partial charge in [-0.05, 0) is 48.7 Å². The molecule has 0 saturated carbocycles. The summed E-state index contributed by atoms with van der Waals surface area (Å²) in [6.07, 6.45) is 9.14. The Hall–Kier alpha value is -2.73. The summed E-state index contributed by atoms with van der Waals surface area (Å²) < 4.78 is 15.8. The second-order valence-electron chi connectivity index (χ2n) is 7.02. The molecule has 1 amide bonds. The van der Waals surface area contributed by atoms with E-state index in [0.29, 0.717) is 19.6 Å². The minimum Gasteiger partial charge on any atom is -0.338 e. The topological polar surface area (TPSA) is 51.0 Å². The van der Waals surface area contributed by atoms with E-state index < -0.39 is 5.82 Å². The first-order chi connectivity index (χ1) is 13.6. The number of amides is 1. The molecule has 5 nitrogen and oxygen atoms in total. The van der Waals surface area contributed by atoms with E-state index in [1.165, 1.54) is 18.2 Å². The average Bonchev–Trinajstić information content (AvgIpc) is 3.15. The van der Waals surface area contributed by atoms with E-state index in [1.807, 2.05) is 18.3 Å². The quantitative estimate of drug-likeness (QED) is 0.663. The number of piperidine rings is 1. The maximum absolute atomic E-state index is 13.6. The Kier molecular flexibility index (Phi) is 5.39. The minimum atomic E-state index is -0.502. The van der Waals surface area contributed by atoms with Crippen LogP contribution in [0.4, 0.5) is 4.39 Å². The van der Waals surface area contributed by atoms with Gasteiger partial charge < -0.3 is 9.47 Å². The third kappa shape index (κ3) is 4.07. The summed E-state index contributed by atoms with van der Waals surface area (Å²) in [6, 6.07) is 7.92. The van der Waals surface area contributed by atoms with E-state index in [2.05, 4.69) is 14.5 Å². The van der Waals surface area contributed by atoms with Crippen LogP contribution < -0.4 is 0 Å². The number of pyridine rings is 1. The van der Waals surface area contributed by atoms with E-state index in [4.69, 9.17) is 11.6 Å². The van der Waals surface area contributed by atoms with E-state index in [-0.39, 0.29) is 22.4 Å². The molecule has 1 saturated heterocycles. The van der Waals surface area contributed by atoms with Crippen molar-refractivity contribution in [2.24, 2.45) is 0 Å². The van der Waals surface area contributed by atoms with Crippen molar-refractivity contribution in [1.29, 1.82) is 0 Å². The number of rotatable bonds is 4. The lowest BCUT2D eigenvalue weighted by Gasteiger charge is -2.33. The summed E-state index contributed by atoms with van der Waals surface area (Å²) in [5, 5.41) is 0.227. The molecule has 144 valence electrons. The van der Waals surface area contributed by atoms with Crippen LogP contribution >= 0.6 is 11.6 Å². The largest absolute Gasteiger partial charge is 0.338 e. The van der Waals surface area contributed by atoms with Crippen molar-refractivity contribution in [1.82, 2.24) is 19.4 Å². The highest BCUT2D eigenvalue weighted by molar-refractivity contribution is 6.31. The number of nitrogens with zero attached hydrogens (tertiary/aromatic N) is 4. The van der Waals surface area contributed by atoms with E-state index in [1.54, 1.807) is 23.5 Å². The summed E-state index contributed by atoms with van der Waals surface area (Å²) in [5.74, 6) is 0.404. The third-order valence-corrected chi connectivity index (χ3v) is 5.25. The number of imidazole rings is 1. The van der Waals surface area contributed by atoms with Crippen LogP contribution in [-0.2, 0) is 6.54 Å². The van der Waals surface area contributed by atoms with Crippen LogP contribution in [0.1, 0.15) is 40.5 Å². The molecule has 1 aromatic carbocycles. The number of aromatic nitrogens is 3. The fourth-order valence-corrected chi connectivity index (χ4v) is 3.95. The first-order valence-electron chi connectivity index (χ1n) is 9.25. The highest BCUT2D eigenvalue weighted by atomic mass is 35.5. The number of likely N-dealkylation sites (tertiary alicyclic amines) is 1. The van der Waals surface area contributed by atoms with Crippen LogP contribution in [0.5, 0.6) is 0 Å². The molecule has 0 radical (unpaired) electrons. The van der Waals surface area contributed by atoms with Crippen molar-refractivity contribution in [2.75, 3.05) is 13.1 Å². The fourth-order valence-electron chi connectivity index (χ4n) is 3.73. The maximum atomic E-state index is 13.6. The third-order valence-electron chi connectivity index (χ3n) is 5.03. The van der Waals surface area contributed by atoms with Crippen molar-refractivity contribution in [2.45, 2.75) is 25.3 Å². The molecule has 1 atom stereocenters. The highest BCUT2D eigenvalue weighted by Crippen LogP contribution is 2.28. The smallest absolute Gasteiger partial charge is 0.254 e. The van der Waals surface area contributed by atoms with Crippen molar-refractivity contribution in [3.05, 3.63) is 82.9 Å². The number of carbonyl (C=O) groups excluding carboxylic acids is 1. The van der Waals surface area contributed by atoms with Crippen LogP contribution in [0.15, 0.2) is 55.1 Å². The second kappa shape index (κ2) is 8.10. The number of benzene rings is 1. The predicted molar refractivity (Wildman–Crippen MR) is 105 cm³/mol. The number of hydrogen-bond donors (Lipinski definition) is 0. The first kappa shape index (κ1) is 18.6. The van der Waals surface area contributed by atoms with Gasteiger partial charge in [0.05, 0.1) is 0 Å². The maximum Gasteiger partial charge on any atom is 0.254 e. The van der Waals surface area contributed by atoms with Crippen molar-refractivity contribution < 1.29 is 9.18 Å². The Morgan fingerprint density at radius 1 is 1.21 bits per heavy atom. The molecule has 3 aromatic rings. The second-order valence-corrected chi connectivity index (χ2v) is 7.45. The monoisotopic (exact) mass is 398 g/mol. The molecule has 0 aliphatic carbocycles. The average molecular weight is 399 g/mol. The van der Waals surface area contributed by atoms with Gasteiger partial charge >= 0.3 is 0 Å². The molecular formula is C21H20ClFN4O. The van der Waals surface area contributed by atoms with Crippen LogP contribution in [0.25, 0.3) is 0 Å². The lowest BCUT2D eigenvalue weighted by molar-refractivity contribution is 0.0703. The normalized spacial score (nSPS) is 16.9. The molecule has 28 heavy (non-hydrogen) atoms. The molecule has 7 heteroatoms. The molecule has 1 aliphatic rings. The zero-order chi connectivity index (χ0) is 19.5. The minimum absolute atomic E-state index is 0.138. The molecule has 1 unspecified atom stereocenters. The zero-order valence-electron chi connectivity index (χ0n) is 15.3. The van der Waals surface area contributed by atoms with Crippen LogP contribution in [0.2, 0.25) is 5.02 Å². The van der Waals surface area contributed by atoms with Gasteiger partial charge in [0, 0.05) is 60.9 Å². The van der Waals surface area contributed by atoms with Gasteiger partial charge in [-0.25, -0.2) is 9.37 Å². The van der Waals surface area contributed by atoms with Gasteiger partial charge in [-0.3, -0.25) is 9.78 Å². The SMILES string of the molecule is O=C(c1cc(F)cc(Cl)c1)N1CCCC(c2nccn2Cc2ccncc2)C1. The Morgan fingerprint density at radius 3 is 2.82 bits per heavy atom. The molecule has 1 fully saturated rings. The van der Waals surface area contributed by atoms with Gasteiger partial charge in [-0.1, -0.05) is 11.6 Å². The Labute approximate surface area is 167 Å². The van der Waals surface area contributed by atoms with E-state index in [0.717, 1.165) is 24.2 Å². The van der Waals surface area contributed by atoms with Crippen molar-refractivity contribution >= 4 is 17.5 Å². The molecule has 1 aliphatic heterocycles. The highest BCUT2D eigenvalue weighted by Gasteiger charge is 2.28. The van der Waals surface area contributed by atoms with E-state index >= 15 is 0 Å². The lowest BCUT2D eigenvalue weighted by Crippen LogP contribution is -2.39. The molecule has 0 bridgehead atoms. The standard InChI is InChI=1S/C21H20ClFN4O/c22-18-10-17(11-19(23)12-18)21(28)27-8-1-2-16(14-27)20-25-7-9-26(20)13-15-3-5-24-6-4-15/h3-7,9-12,16H,1-2,8,13-14H2. The molecule has 3 heterocycles. The number of halogens is 2. The summed E-state index contributed by atoms with van der Waals surface area (Å²) >= 11 is 5.91. The van der Waals surface area contributed by atoms with Crippen LogP contribution in [0.3, 0.4) is 0 Å². The number of carbonyl (C=O) groups is 1. The molecule has 4 rings (SSSR count). The van der Waals surface area contributed by atoms with Gasteiger partial charge in [-0.15, -0.1) is 0 Å². The zero-order valence-corrected chi connectivity index (χ0v) is 16.0. The summed E-state index contributed by atoms with van der Waals surface area (Å²) in [6.45, 7) is 1.91. The van der Waals surface area contributed by atoms with E-state index in [9.17, 15) is 9.18 Å². The lowest BCUT2D eigenvalue weighted by atomic mass is 9.96. The molecule has 0 N–H and O–H groups in total. The summed E-state index contributed by atoms with van der Waals surface area (Å²) in [5.41, 5.74) is 1.43. The predicted octanol–water partition coefficient (Wildman–Crippen LogP) is 4.14.